The topological polar surface area (TPSA) is 48.3 Å². The largest absolute Gasteiger partial charge is 0.465 e. The van der Waals surface area contributed by atoms with Gasteiger partial charge in [-0.1, -0.05) is 48.5 Å². The summed E-state index contributed by atoms with van der Waals surface area (Å²) in [6, 6.07) is 21.2. The Morgan fingerprint density at radius 1 is 1.04 bits per heavy atom. The average molecular weight is 361 g/mol. The van der Waals surface area contributed by atoms with Crippen LogP contribution >= 0.6 is 11.3 Å². The molecular weight excluding hydrogens is 346 g/mol. The Morgan fingerprint density at radius 3 is 2.31 bits per heavy atom. The van der Waals surface area contributed by atoms with Crippen LogP contribution in [0.25, 0.3) is 27.0 Å². The molecule has 4 aromatic rings. The van der Waals surface area contributed by atoms with Crippen molar-refractivity contribution in [3.8, 4) is 16.8 Å². The Balaban J connectivity index is 2.10. The van der Waals surface area contributed by atoms with Gasteiger partial charge in [0.05, 0.1) is 12.8 Å². The van der Waals surface area contributed by atoms with Crippen LogP contribution in [0.2, 0.25) is 0 Å². The molecular formula is C21H15NO3S. The maximum Gasteiger partial charge on any atom is 0.348 e. The van der Waals surface area contributed by atoms with E-state index in [1.54, 1.807) is 6.07 Å². The Bertz CT molecular complexity index is 1020. The number of hydrogen-bond acceptors (Lipinski definition) is 4. The zero-order valence-corrected chi connectivity index (χ0v) is 14.8. The third-order valence-corrected chi connectivity index (χ3v) is 5.36. The van der Waals surface area contributed by atoms with Gasteiger partial charge in [0, 0.05) is 16.6 Å². The number of thiophene rings is 1. The van der Waals surface area contributed by atoms with E-state index < -0.39 is 0 Å². The summed E-state index contributed by atoms with van der Waals surface area (Å²) in [6.45, 7) is 0. The van der Waals surface area contributed by atoms with Crippen LogP contribution in [0.5, 0.6) is 0 Å². The second-order valence-corrected chi connectivity index (χ2v) is 6.77. The van der Waals surface area contributed by atoms with Crippen LogP contribution in [0.15, 0.2) is 66.7 Å². The van der Waals surface area contributed by atoms with Gasteiger partial charge in [-0.15, -0.1) is 11.3 Å². The summed E-state index contributed by atoms with van der Waals surface area (Å²) in [4.78, 5) is 25.4. The standard InChI is InChI=1S/C21H15NO3S/c1-25-21(24)18-12-16-19(14-8-4-2-5-9-14)17(13-23)22(20(16)26-18)15-10-6-3-7-11-15/h2-13H,1H3. The molecule has 0 aliphatic heterocycles. The van der Waals surface area contributed by atoms with Crippen LogP contribution in [0.1, 0.15) is 20.2 Å². The van der Waals surface area contributed by atoms with Crippen molar-refractivity contribution in [1.29, 1.82) is 0 Å². The number of benzene rings is 2. The van der Waals surface area contributed by atoms with Crippen molar-refractivity contribution in [2.75, 3.05) is 7.11 Å². The van der Waals surface area contributed by atoms with E-state index in [9.17, 15) is 9.59 Å². The highest BCUT2D eigenvalue weighted by molar-refractivity contribution is 7.20. The number of ether oxygens (including phenoxy) is 1. The smallest absolute Gasteiger partial charge is 0.348 e. The summed E-state index contributed by atoms with van der Waals surface area (Å²) >= 11 is 1.33. The maximum atomic E-state index is 12.0. The van der Waals surface area contributed by atoms with Gasteiger partial charge in [-0.3, -0.25) is 9.36 Å². The quantitative estimate of drug-likeness (QED) is 0.381. The Morgan fingerprint density at radius 2 is 1.69 bits per heavy atom. The lowest BCUT2D eigenvalue weighted by molar-refractivity contribution is 0.0606. The van der Waals surface area contributed by atoms with E-state index >= 15 is 0 Å². The molecule has 0 fully saturated rings. The summed E-state index contributed by atoms with van der Waals surface area (Å²) < 4.78 is 6.78. The molecule has 0 saturated heterocycles. The second-order valence-electron chi connectivity index (χ2n) is 5.74. The van der Waals surface area contributed by atoms with Gasteiger partial charge < -0.3 is 4.74 Å². The van der Waals surface area contributed by atoms with E-state index in [1.807, 2.05) is 65.2 Å². The van der Waals surface area contributed by atoms with Gasteiger partial charge in [0.15, 0.2) is 6.29 Å². The summed E-state index contributed by atoms with van der Waals surface area (Å²) in [5.41, 5.74) is 3.20. The first kappa shape index (κ1) is 16.3. The predicted octanol–water partition coefficient (Wildman–Crippen LogP) is 4.96. The lowest BCUT2D eigenvalue weighted by Gasteiger charge is -2.08. The monoisotopic (exact) mass is 361 g/mol. The van der Waals surface area contributed by atoms with Crippen molar-refractivity contribution < 1.29 is 14.3 Å². The maximum absolute atomic E-state index is 12.0. The van der Waals surface area contributed by atoms with Crippen molar-refractivity contribution in [3.05, 3.63) is 77.3 Å². The van der Waals surface area contributed by atoms with Crippen molar-refractivity contribution in [2.24, 2.45) is 0 Å². The Labute approximate surface area is 154 Å². The normalized spacial score (nSPS) is 10.8. The molecule has 5 heteroatoms. The van der Waals surface area contributed by atoms with Crippen LogP contribution in [0, 0.1) is 0 Å². The number of nitrogens with zero attached hydrogens (tertiary/aromatic N) is 1. The molecule has 4 rings (SSSR count). The zero-order chi connectivity index (χ0) is 18.1. The summed E-state index contributed by atoms with van der Waals surface area (Å²) in [6.07, 6.45) is 0.875. The highest BCUT2D eigenvalue weighted by Gasteiger charge is 2.23. The molecule has 0 saturated carbocycles. The number of aldehydes is 1. The van der Waals surface area contributed by atoms with Gasteiger partial charge in [0.1, 0.15) is 9.71 Å². The molecule has 4 nitrogen and oxygen atoms in total. The first-order valence-electron chi connectivity index (χ1n) is 8.07. The molecule has 2 aromatic carbocycles. The van der Waals surface area contributed by atoms with Gasteiger partial charge in [-0.25, -0.2) is 4.79 Å². The summed E-state index contributed by atoms with van der Waals surface area (Å²) in [5.74, 6) is -0.377. The number of carbonyl (C=O) groups is 2. The molecule has 128 valence electrons. The number of aromatic nitrogens is 1. The van der Waals surface area contributed by atoms with Crippen molar-refractivity contribution in [1.82, 2.24) is 4.57 Å². The second kappa shape index (κ2) is 6.61. The highest BCUT2D eigenvalue weighted by Crippen LogP contribution is 2.40. The third kappa shape index (κ3) is 2.53. The minimum Gasteiger partial charge on any atom is -0.465 e. The van der Waals surface area contributed by atoms with E-state index in [0.717, 1.165) is 33.3 Å². The number of rotatable bonds is 4. The van der Waals surface area contributed by atoms with Crippen LogP contribution < -0.4 is 0 Å². The van der Waals surface area contributed by atoms with Gasteiger partial charge in [-0.2, -0.15) is 0 Å². The Hall–Kier alpha value is -3.18. The third-order valence-electron chi connectivity index (χ3n) is 4.26. The van der Waals surface area contributed by atoms with Crippen molar-refractivity contribution >= 4 is 33.8 Å². The number of esters is 1. The predicted molar refractivity (Wildman–Crippen MR) is 103 cm³/mol. The molecule has 26 heavy (non-hydrogen) atoms. The molecule has 0 unspecified atom stereocenters. The number of hydrogen-bond donors (Lipinski definition) is 0. The minimum absolute atomic E-state index is 0.377. The molecule has 0 N–H and O–H groups in total. The molecule has 0 amide bonds. The van der Waals surface area contributed by atoms with E-state index in [2.05, 4.69) is 0 Å². The fraction of sp³-hybridized carbons (Fsp3) is 0.0476. The van der Waals surface area contributed by atoms with E-state index in [1.165, 1.54) is 18.4 Å². The van der Waals surface area contributed by atoms with E-state index in [4.69, 9.17) is 4.74 Å². The van der Waals surface area contributed by atoms with Gasteiger partial charge in [0.2, 0.25) is 0 Å². The zero-order valence-electron chi connectivity index (χ0n) is 14.0. The van der Waals surface area contributed by atoms with Crippen LogP contribution in [0.4, 0.5) is 0 Å². The van der Waals surface area contributed by atoms with Crippen molar-refractivity contribution in [3.63, 3.8) is 0 Å². The fourth-order valence-electron chi connectivity index (χ4n) is 3.14. The minimum atomic E-state index is -0.377. The summed E-state index contributed by atoms with van der Waals surface area (Å²) in [7, 11) is 1.37. The summed E-state index contributed by atoms with van der Waals surface area (Å²) in [5, 5.41) is 0.868. The lowest BCUT2D eigenvalue weighted by Crippen LogP contribution is -2.00. The van der Waals surface area contributed by atoms with E-state index in [-0.39, 0.29) is 5.97 Å². The molecule has 2 heterocycles. The highest BCUT2D eigenvalue weighted by atomic mass is 32.1. The number of para-hydroxylation sites is 1. The van der Waals surface area contributed by atoms with Gasteiger partial charge >= 0.3 is 5.97 Å². The number of methoxy groups -OCH3 is 1. The average Bonchev–Trinajstić information content (AvgIpc) is 3.25. The van der Waals surface area contributed by atoms with Crippen LogP contribution in [-0.2, 0) is 4.74 Å². The lowest BCUT2D eigenvalue weighted by atomic mass is 10.0. The van der Waals surface area contributed by atoms with Crippen molar-refractivity contribution in [2.45, 2.75) is 0 Å². The molecule has 0 radical (unpaired) electrons. The number of fused-ring (bicyclic) bond motifs is 1. The SMILES string of the molecule is COC(=O)c1cc2c(-c3ccccc3)c(C=O)n(-c3ccccc3)c2s1. The van der Waals surface area contributed by atoms with Gasteiger partial charge in [0.25, 0.3) is 0 Å². The fourth-order valence-corrected chi connectivity index (χ4v) is 4.26. The first-order valence-corrected chi connectivity index (χ1v) is 8.89. The first-order chi connectivity index (χ1) is 12.7. The molecule has 0 aliphatic rings. The molecule has 0 spiro atoms. The molecule has 2 aromatic heterocycles. The molecule has 0 bridgehead atoms. The molecule has 0 aliphatic carbocycles. The van der Waals surface area contributed by atoms with Gasteiger partial charge in [-0.05, 0) is 23.8 Å². The van der Waals surface area contributed by atoms with Crippen LogP contribution in [0.3, 0.4) is 0 Å². The van der Waals surface area contributed by atoms with E-state index in [0.29, 0.717) is 10.6 Å². The van der Waals surface area contributed by atoms with Crippen LogP contribution in [-0.4, -0.2) is 23.9 Å². The molecule has 0 atom stereocenters. The Kier molecular flexibility index (Phi) is 4.14. The number of carbonyl (C=O) groups excluding carboxylic acids is 2.